The summed E-state index contributed by atoms with van der Waals surface area (Å²) < 4.78 is 8.94. The van der Waals surface area contributed by atoms with Gasteiger partial charge in [0.1, 0.15) is 5.39 Å². The number of likely N-dealkylation sites (N-methyl/N-ethyl adjacent to an activating group) is 1. The minimum atomic E-state index is -0.207. The highest BCUT2D eigenvalue weighted by atomic mass is 16.5. The topological polar surface area (TPSA) is 110 Å². The Morgan fingerprint density at radius 2 is 1.95 bits per heavy atom. The van der Waals surface area contributed by atoms with Crippen LogP contribution in [-0.4, -0.2) is 61.9 Å². The third-order valence-corrected chi connectivity index (χ3v) is 8.63. The Hall–Kier alpha value is -4.51. The van der Waals surface area contributed by atoms with E-state index in [-0.39, 0.29) is 23.6 Å². The lowest BCUT2D eigenvalue weighted by Gasteiger charge is -2.35. The van der Waals surface area contributed by atoms with E-state index in [9.17, 15) is 9.59 Å². The average Bonchev–Trinajstić information content (AvgIpc) is 3.72. The molecule has 3 aliphatic heterocycles. The van der Waals surface area contributed by atoms with E-state index in [0.29, 0.717) is 53.9 Å². The molecule has 40 heavy (non-hydrogen) atoms. The largest absolute Gasteiger partial charge is 0.480 e. The van der Waals surface area contributed by atoms with Crippen molar-refractivity contribution in [2.24, 2.45) is 0 Å². The van der Waals surface area contributed by atoms with Gasteiger partial charge in [-0.2, -0.15) is 4.98 Å². The van der Waals surface area contributed by atoms with Crippen molar-refractivity contribution in [2.75, 3.05) is 37.0 Å². The van der Waals surface area contributed by atoms with Crippen LogP contribution in [0.2, 0.25) is 0 Å². The molecule has 11 nitrogen and oxygen atoms in total. The van der Waals surface area contributed by atoms with Crippen molar-refractivity contribution in [3.8, 4) is 11.6 Å². The number of rotatable bonds is 2. The van der Waals surface area contributed by atoms with Crippen LogP contribution in [-0.2, 0) is 23.3 Å². The lowest BCUT2D eigenvalue weighted by atomic mass is 9.90. The summed E-state index contributed by atoms with van der Waals surface area (Å²) in [5.74, 6) is 1.72. The number of anilines is 3. The number of nitrogens with zero attached hydrogens (tertiary/aromatic N) is 7. The number of benzene rings is 1. The quantitative estimate of drug-likeness (QED) is 0.390. The maximum atomic E-state index is 13.5. The molecule has 11 heteroatoms. The highest BCUT2D eigenvalue weighted by Gasteiger charge is 2.50. The molecule has 1 aliphatic carbocycles. The van der Waals surface area contributed by atoms with Crippen molar-refractivity contribution in [3.05, 3.63) is 70.2 Å². The summed E-state index contributed by atoms with van der Waals surface area (Å²) in [7, 11) is 2.21. The van der Waals surface area contributed by atoms with Gasteiger partial charge in [-0.1, -0.05) is 18.2 Å². The van der Waals surface area contributed by atoms with Gasteiger partial charge < -0.3 is 10.1 Å². The van der Waals surface area contributed by atoms with Crippen LogP contribution < -0.4 is 20.5 Å². The lowest BCUT2D eigenvalue weighted by Crippen LogP contribution is -2.40. The lowest BCUT2D eigenvalue weighted by molar-refractivity contribution is -0.121. The SMILES string of the molecule is CN1CCc2ccc(Nc3ncc4c(=O)n5n(c4n3)-c3ccc4c(n3)N(CCC=CC5)C(=O)CO4)cc2C12CC2. The van der Waals surface area contributed by atoms with Gasteiger partial charge in [0.2, 0.25) is 5.95 Å². The number of hydrogen-bond donors (Lipinski definition) is 1. The van der Waals surface area contributed by atoms with Crippen LogP contribution in [0.25, 0.3) is 16.9 Å². The Morgan fingerprint density at radius 1 is 1.05 bits per heavy atom. The van der Waals surface area contributed by atoms with Gasteiger partial charge in [-0.15, -0.1) is 0 Å². The third kappa shape index (κ3) is 3.43. The molecule has 0 unspecified atom stereocenters. The highest BCUT2D eigenvalue weighted by Crippen LogP contribution is 2.53. The van der Waals surface area contributed by atoms with Gasteiger partial charge >= 0.3 is 0 Å². The fraction of sp³-hybridized carbons (Fsp3) is 0.345. The molecular formula is C29H28N8O3. The second kappa shape index (κ2) is 8.49. The van der Waals surface area contributed by atoms with E-state index in [1.165, 1.54) is 24.0 Å². The van der Waals surface area contributed by atoms with Gasteiger partial charge in [0.15, 0.2) is 29.6 Å². The minimum Gasteiger partial charge on any atom is -0.480 e. The zero-order valence-corrected chi connectivity index (χ0v) is 22.1. The van der Waals surface area contributed by atoms with Gasteiger partial charge in [0.25, 0.3) is 11.5 Å². The first-order valence-corrected chi connectivity index (χ1v) is 13.7. The number of nitrogens with one attached hydrogen (secondary N) is 1. The third-order valence-electron chi connectivity index (χ3n) is 8.63. The van der Waals surface area contributed by atoms with Crippen molar-refractivity contribution < 1.29 is 9.53 Å². The van der Waals surface area contributed by atoms with Crippen LogP contribution in [0.4, 0.5) is 17.5 Å². The Morgan fingerprint density at radius 3 is 2.83 bits per heavy atom. The van der Waals surface area contributed by atoms with E-state index in [1.54, 1.807) is 32.6 Å². The van der Waals surface area contributed by atoms with Crippen molar-refractivity contribution >= 4 is 34.4 Å². The maximum absolute atomic E-state index is 13.5. The summed E-state index contributed by atoms with van der Waals surface area (Å²) in [4.78, 5) is 44.4. The molecule has 0 saturated heterocycles. The minimum absolute atomic E-state index is 0.0166. The van der Waals surface area contributed by atoms with E-state index in [0.717, 1.165) is 18.7 Å². The second-order valence-corrected chi connectivity index (χ2v) is 10.9. The number of aromatic nitrogens is 5. The van der Waals surface area contributed by atoms with Crippen molar-refractivity contribution in [2.45, 2.75) is 37.8 Å². The number of amides is 1. The maximum Gasteiger partial charge on any atom is 0.278 e. The Bertz CT molecular complexity index is 1800. The summed E-state index contributed by atoms with van der Waals surface area (Å²) >= 11 is 0. The van der Waals surface area contributed by atoms with Crippen LogP contribution in [0.5, 0.6) is 5.75 Å². The van der Waals surface area contributed by atoms with E-state index >= 15 is 0 Å². The highest BCUT2D eigenvalue weighted by molar-refractivity contribution is 5.96. The Kier molecular flexibility index (Phi) is 4.96. The normalized spacial score (nSPS) is 19.1. The van der Waals surface area contributed by atoms with Crippen molar-refractivity contribution in [1.82, 2.24) is 29.2 Å². The number of fused-ring (bicyclic) bond motifs is 7. The Labute approximate surface area is 229 Å². The first-order chi connectivity index (χ1) is 19.5. The van der Waals surface area contributed by atoms with Crippen molar-refractivity contribution in [3.63, 3.8) is 0 Å². The van der Waals surface area contributed by atoms with Crippen LogP contribution in [0.1, 0.15) is 30.4 Å². The van der Waals surface area contributed by atoms with Crippen LogP contribution in [0, 0.1) is 0 Å². The molecule has 8 rings (SSSR count). The number of hydrogen-bond acceptors (Lipinski definition) is 8. The Balaban J connectivity index is 1.24. The number of carbonyl (C=O) groups excluding carboxylic acids is 1. The summed E-state index contributed by atoms with van der Waals surface area (Å²) in [6, 6.07) is 10.1. The monoisotopic (exact) mass is 536 g/mol. The van der Waals surface area contributed by atoms with Gasteiger partial charge in [-0.3, -0.25) is 19.4 Å². The van der Waals surface area contributed by atoms with E-state index in [2.05, 4.69) is 40.4 Å². The molecule has 4 aliphatic rings. The first kappa shape index (κ1) is 23.4. The number of ether oxygens (including phenoxy) is 1. The fourth-order valence-electron chi connectivity index (χ4n) is 6.31. The van der Waals surface area contributed by atoms with Gasteiger partial charge in [-0.05, 0) is 68.1 Å². The van der Waals surface area contributed by atoms with Gasteiger partial charge in [-0.25, -0.2) is 19.3 Å². The predicted molar refractivity (Wildman–Crippen MR) is 149 cm³/mol. The molecule has 3 aromatic heterocycles. The summed E-state index contributed by atoms with van der Waals surface area (Å²) in [5, 5.41) is 3.77. The molecule has 1 fully saturated rings. The molecule has 0 atom stereocenters. The molecule has 0 radical (unpaired) electrons. The molecule has 4 aromatic rings. The van der Waals surface area contributed by atoms with Crippen molar-refractivity contribution in [1.29, 1.82) is 0 Å². The summed E-state index contributed by atoms with van der Waals surface area (Å²) in [5.41, 5.74) is 4.09. The van der Waals surface area contributed by atoms with E-state index < -0.39 is 0 Å². The van der Waals surface area contributed by atoms with Gasteiger partial charge in [0.05, 0.1) is 6.54 Å². The zero-order chi connectivity index (χ0) is 27.0. The first-order valence-electron chi connectivity index (χ1n) is 13.7. The molecule has 1 N–H and O–H groups in total. The van der Waals surface area contributed by atoms with Crippen LogP contribution in [0.15, 0.2) is 53.5 Å². The average molecular weight is 537 g/mol. The smallest absolute Gasteiger partial charge is 0.278 e. The number of allylic oxidation sites excluding steroid dienone is 1. The summed E-state index contributed by atoms with van der Waals surface area (Å²) in [6.07, 6.45) is 9.52. The predicted octanol–water partition coefficient (Wildman–Crippen LogP) is 2.88. The van der Waals surface area contributed by atoms with E-state index in [4.69, 9.17) is 14.7 Å². The van der Waals surface area contributed by atoms with Crippen LogP contribution >= 0.6 is 0 Å². The van der Waals surface area contributed by atoms with E-state index in [1.807, 2.05) is 12.2 Å². The molecule has 2 bridgehead atoms. The fourth-order valence-corrected chi connectivity index (χ4v) is 6.31. The van der Waals surface area contributed by atoms with Gasteiger partial charge in [0, 0.05) is 30.5 Å². The molecule has 6 heterocycles. The molecular weight excluding hydrogens is 508 g/mol. The zero-order valence-electron chi connectivity index (χ0n) is 22.1. The molecule has 1 saturated carbocycles. The molecule has 1 aromatic carbocycles. The molecule has 1 amide bonds. The van der Waals surface area contributed by atoms with Crippen LogP contribution in [0.3, 0.4) is 0 Å². The number of pyridine rings is 1. The standard InChI is InChI=1S/C29H28N8O3/c1-34-14-9-18-5-6-19(15-21(18)29(34)10-11-29)31-28-30-16-20-25(33-28)37-23-8-7-22-26(32-23)35(24(38)17-40-22)12-3-2-4-13-36(37)27(20)39/h2,4-8,15-16H,3,9-14,17H2,1H3,(H,30,31,33). The number of carbonyl (C=O) groups is 1. The molecule has 1 spiro atoms. The second-order valence-electron chi connectivity index (χ2n) is 10.9. The summed E-state index contributed by atoms with van der Waals surface area (Å²) in [6.45, 7) is 1.89. The molecule has 202 valence electrons.